The van der Waals surface area contributed by atoms with Crippen LogP contribution >= 0.6 is 7.60 Å². The Morgan fingerprint density at radius 1 is 1.11 bits per heavy atom. The molecule has 0 rings (SSSR count). The van der Waals surface area contributed by atoms with Gasteiger partial charge in [0.1, 0.15) is 6.16 Å². The Kier molecular flexibility index (Phi) is 8.49. The Morgan fingerprint density at radius 2 is 1.61 bits per heavy atom. The summed E-state index contributed by atoms with van der Waals surface area (Å²) in [5.74, 6) is -0.0910. The molecular formula is C12H25O5P. The van der Waals surface area contributed by atoms with E-state index in [2.05, 4.69) is 13.8 Å². The number of carbonyl (C=O) groups excluding carboxylic acids is 1. The van der Waals surface area contributed by atoms with Crippen LogP contribution in [0.4, 0.5) is 0 Å². The highest BCUT2D eigenvalue weighted by atomic mass is 31.2. The van der Waals surface area contributed by atoms with Crippen molar-refractivity contribution in [2.45, 2.75) is 47.1 Å². The summed E-state index contributed by atoms with van der Waals surface area (Å²) in [4.78, 5) is 11.6. The Balaban J connectivity index is 4.30. The van der Waals surface area contributed by atoms with Crippen LogP contribution in [0.3, 0.4) is 0 Å². The van der Waals surface area contributed by atoms with Crippen molar-refractivity contribution in [2.24, 2.45) is 5.92 Å². The lowest BCUT2D eigenvalue weighted by molar-refractivity contribution is -0.145. The summed E-state index contributed by atoms with van der Waals surface area (Å²) in [5, 5.41) is 0. The first-order valence-electron chi connectivity index (χ1n) is 6.40. The lowest BCUT2D eigenvalue weighted by Gasteiger charge is -2.19. The van der Waals surface area contributed by atoms with E-state index in [9.17, 15) is 9.36 Å². The molecule has 1 atom stereocenters. The average Bonchev–Trinajstić information content (AvgIpc) is 2.14. The molecule has 0 fully saturated rings. The van der Waals surface area contributed by atoms with Crippen LogP contribution in [0.1, 0.15) is 41.0 Å². The molecule has 0 bridgehead atoms. The van der Waals surface area contributed by atoms with Crippen molar-refractivity contribution in [3.63, 3.8) is 0 Å². The molecular weight excluding hydrogens is 255 g/mol. The van der Waals surface area contributed by atoms with Crippen molar-refractivity contribution in [1.29, 1.82) is 0 Å². The van der Waals surface area contributed by atoms with Crippen LogP contribution in [0, 0.1) is 5.92 Å². The summed E-state index contributed by atoms with van der Waals surface area (Å²) < 4.78 is 27.3. The van der Waals surface area contributed by atoms with Crippen molar-refractivity contribution >= 4 is 13.6 Å². The van der Waals surface area contributed by atoms with Crippen LogP contribution in [0.5, 0.6) is 0 Å². The maximum Gasteiger partial charge on any atom is 0.341 e. The topological polar surface area (TPSA) is 61.8 Å². The number of hydrogen-bond acceptors (Lipinski definition) is 5. The van der Waals surface area contributed by atoms with E-state index >= 15 is 0 Å². The first kappa shape index (κ1) is 17.6. The van der Waals surface area contributed by atoms with Crippen molar-refractivity contribution in [3.05, 3.63) is 0 Å². The maximum atomic E-state index is 12.1. The number of ether oxygens (including phenoxy) is 1. The molecule has 0 aromatic heterocycles. The van der Waals surface area contributed by atoms with Crippen LogP contribution in [0.25, 0.3) is 0 Å². The normalized spacial score (nSPS) is 13.7. The lowest BCUT2D eigenvalue weighted by atomic mass is 10.1. The third-order valence-electron chi connectivity index (χ3n) is 2.11. The van der Waals surface area contributed by atoms with Gasteiger partial charge < -0.3 is 13.8 Å². The Hall–Kier alpha value is -0.380. The summed E-state index contributed by atoms with van der Waals surface area (Å²) in [6.07, 6.45) is 0.269. The molecule has 0 amide bonds. The summed E-state index contributed by atoms with van der Waals surface area (Å²) in [6.45, 7) is 9.82. The van der Waals surface area contributed by atoms with Crippen LogP contribution in [-0.4, -0.2) is 31.4 Å². The highest BCUT2D eigenvalue weighted by Gasteiger charge is 2.29. The third kappa shape index (κ3) is 7.85. The van der Waals surface area contributed by atoms with E-state index in [-0.39, 0.29) is 25.5 Å². The first-order valence-corrected chi connectivity index (χ1v) is 8.13. The van der Waals surface area contributed by atoms with Gasteiger partial charge in [-0.1, -0.05) is 13.8 Å². The monoisotopic (exact) mass is 280 g/mol. The second-order valence-electron chi connectivity index (χ2n) is 4.53. The quantitative estimate of drug-likeness (QED) is 0.479. The fraction of sp³-hybridized carbons (Fsp3) is 0.917. The van der Waals surface area contributed by atoms with Crippen LogP contribution < -0.4 is 0 Å². The second-order valence-corrected chi connectivity index (χ2v) is 6.59. The molecule has 0 aromatic rings. The van der Waals surface area contributed by atoms with Crippen molar-refractivity contribution in [2.75, 3.05) is 19.4 Å². The average molecular weight is 280 g/mol. The Bertz CT molecular complexity index is 280. The molecule has 6 heteroatoms. The minimum atomic E-state index is -3.34. The van der Waals surface area contributed by atoms with E-state index < -0.39 is 13.6 Å². The van der Waals surface area contributed by atoms with Crippen LogP contribution in [-0.2, 0) is 23.1 Å². The summed E-state index contributed by atoms with van der Waals surface area (Å²) >= 11 is 0. The Labute approximate surface area is 110 Å². The highest BCUT2D eigenvalue weighted by Crippen LogP contribution is 2.47. The SMILES string of the molecule is CCOP(=O)(CC(=O)OC(C)CC(C)C)OCC. The molecule has 0 aliphatic heterocycles. The van der Waals surface area contributed by atoms with Crippen LogP contribution in [0.15, 0.2) is 0 Å². The second kappa shape index (κ2) is 8.68. The van der Waals surface area contributed by atoms with Gasteiger partial charge in [0.15, 0.2) is 0 Å². The third-order valence-corrected chi connectivity index (χ3v) is 4.06. The smallest absolute Gasteiger partial charge is 0.341 e. The van der Waals surface area contributed by atoms with Crippen molar-refractivity contribution < 1.29 is 23.1 Å². The molecule has 0 radical (unpaired) electrons. The largest absolute Gasteiger partial charge is 0.462 e. The zero-order valence-electron chi connectivity index (χ0n) is 12.0. The highest BCUT2D eigenvalue weighted by molar-refractivity contribution is 7.54. The molecule has 0 heterocycles. The number of hydrogen-bond donors (Lipinski definition) is 0. The maximum absolute atomic E-state index is 12.1. The van der Waals surface area contributed by atoms with E-state index in [1.807, 2.05) is 6.92 Å². The van der Waals surface area contributed by atoms with Crippen LogP contribution in [0.2, 0.25) is 0 Å². The molecule has 0 aliphatic carbocycles. The molecule has 0 saturated heterocycles. The fourth-order valence-electron chi connectivity index (χ4n) is 1.65. The predicted molar refractivity (Wildman–Crippen MR) is 70.7 cm³/mol. The van der Waals surface area contributed by atoms with E-state index in [1.165, 1.54) is 0 Å². The van der Waals surface area contributed by atoms with Gasteiger partial charge in [-0.2, -0.15) is 0 Å². The lowest BCUT2D eigenvalue weighted by Crippen LogP contribution is -2.20. The molecule has 18 heavy (non-hydrogen) atoms. The fourth-order valence-corrected chi connectivity index (χ4v) is 3.09. The molecule has 0 saturated carbocycles. The van der Waals surface area contributed by atoms with Crippen molar-refractivity contribution in [1.82, 2.24) is 0 Å². The Morgan fingerprint density at radius 3 is 2.00 bits per heavy atom. The van der Waals surface area contributed by atoms with Gasteiger partial charge in [-0.3, -0.25) is 9.36 Å². The number of rotatable bonds is 9. The van der Waals surface area contributed by atoms with E-state index in [1.54, 1.807) is 13.8 Å². The van der Waals surface area contributed by atoms with Crippen molar-refractivity contribution in [3.8, 4) is 0 Å². The summed E-state index contributed by atoms with van der Waals surface area (Å²) in [5.41, 5.74) is 0. The van der Waals surface area contributed by atoms with Gasteiger partial charge in [0.05, 0.1) is 19.3 Å². The summed E-state index contributed by atoms with van der Waals surface area (Å²) in [6, 6.07) is 0. The minimum Gasteiger partial charge on any atom is -0.462 e. The molecule has 0 N–H and O–H groups in total. The summed E-state index contributed by atoms with van der Waals surface area (Å²) in [7, 11) is -3.34. The zero-order valence-corrected chi connectivity index (χ0v) is 12.9. The van der Waals surface area contributed by atoms with Gasteiger partial charge in [-0.15, -0.1) is 0 Å². The number of carbonyl (C=O) groups is 1. The minimum absolute atomic E-state index is 0.186. The molecule has 1 unspecified atom stereocenters. The van der Waals surface area contributed by atoms with E-state index in [4.69, 9.17) is 13.8 Å². The number of esters is 1. The first-order chi connectivity index (χ1) is 8.33. The zero-order chi connectivity index (χ0) is 14.2. The van der Waals surface area contributed by atoms with Gasteiger partial charge in [0, 0.05) is 0 Å². The molecule has 108 valence electrons. The molecule has 5 nitrogen and oxygen atoms in total. The molecule has 0 aromatic carbocycles. The van der Waals surface area contributed by atoms with E-state index in [0.717, 1.165) is 6.42 Å². The van der Waals surface area contributed by atoms with Gasteiger partial charge >= 0.3 is 13.6 Å². The molecule has 0 aliphatic rings. The predicted octanol–water partition coefficient (Wildman–Crippen LogP) is 3.23. The van der Waals surface area contributed by atoms with Gasteiger partial charge in [0.25, 0.3) is 0 Å². The van der Waals surface area contributed by atoms with Gasteiger partial charge in [0.2, 0.25) is 0 Å². The van der Waals surface area contributed by atoms with E-state index in [0.29, 0.717) is 5.92 Å². The molecule has 0 spiro atoms. The van der Waals surface area contributed by atoms with Gasteiger partial charge in [-0.25, -0.2) is 0 Å². The standard InChI is InChI=1S/C12H25O5P/c1-6-15-18(14,16-7-2)9-12(13)17-11(5)8-10(3)4/h10-11H,6-9H2,1-5H3. The van der Waals surface area contributed by atoms with Gasteiger partial charge in [-0.05, 0) is 33.1 Å².